The van der Waals surface area contributed by atoms with E-state index in [9.17, 15) is 19.7 Å². The first-order valence-corrected chi connectivity index (χ1v) is 8.84. The Morgan fingerprint density at radius 2 is 2.00 bits per heavy atom. The van der Waals surface area contributed by atoms with Crippen molar-refractivity contribution in [3.05, 3.63) is 74.2 Å². The first kappa shape index (κ1) is 18.7. The van der Waals surface area contributed by atoms with Gasteiger partial charge in [0.1, 0.15) is 5.75 Å². The number of amides is 2. The summed E-state index contributed by atoms with van der Waals surface area (Å²) in [4.78, 5) is 36.8. The number of methoxy groups -OCH3 is 1. The number of non-ortho nitro benzene ring substituents is 1. The number of nitrogens with zero attached hydrogens (tertiary/aromatic N) is 2. The van der Waals surface area contributed by atoms with E-state index in [0.717, 1.165) is 27.8 Å². The Morgan fingerprint density at radius 1 is 1.22 bits per heavy atom. The first-order chi connectivity index (χ1) is 12.9. The van der Waals surface area contributed by atoms with Gasteiger partial charge in [-0.05, 0) is 36.4 Å². The third-order valence-corrected chi connectivity index (χ3v) is 4.91. The SMILES string of the molecule is COc1ccc([N+](=O)[O-])cc1/C=C1\SC(=O)N(Cc2cccc(C)c2)C1=O. The van der Waals surface area contributed by atoms with Crippen molar-refractivity contribution in [1.82, 2.24) is 4.90 Å². The third-order valence-electron chi connectivity index (χ3n) is 4.01. The topological polar surface area (TPSA) is 89.8 Å². The monoisotopic (exact) mass is 384 g/mol. The van der Waals surface area contributed by atoms with Crippen molar-refractivity contribution >= 4 is 34.7 Å². The van der Waals surface area contributed by atoms with Gasteiger partial charge in [0.05, 0.1) is 23.5 Å². The van der Waals surface area contributed by atoms with Crippen LogP contribution in [0.2, 0.25) is 0 Å². The summed E-state index contributed by atoms with van der Waals surface area (Å²) < 4.78 is 5.20. The number of carbonyl (C=O) groups excluding carboxylic acids is 2. The van der Waals surface area contributed by atoms with Crippen LogP contribution in [0, 0.1) is 17.0 Å². The molecule has 3 rings (SSSR count). The minimum atomic E-state index is -0.528. The van der Waals surface area contributed by atoms with Gasteiger partial charge < -0.3 is 4.74 Å². The van der Waals surface area contributed by atoms with E-state index in [1.807, 2.05) is 31.2 Å². The van der Waals surface area contributed by atoms with E-state index in [1.54, 1.807) is 0 Å². The largest absolute Gasteiger partial charge is 0.496 e. The zero-order chi connectivity index (χ0) is 19.6. The smallest absolute Gasteiger partial charge is 0.293 e. The van der Waals surface area contributed by atoms with Crippen molar-refractivity contribution in [1.29, 1.82) is 0 Å². The van der Waals surface area contributed by atoms with E-state index >= 15 is 0 Å². The number of rotatable bonds is 5. The number of imide groups is 1. The molecule has 8 heteroatoms. The molecule has 27 heavy (non-hydrogen) atoms. The van der Waals surface area contributed by atoms with Crippen LogP contribution in [0.1, 0.15) is 16.7 Å². The van der Waals surface area contributed by atoms with Crippen molar-refractivity contribution in [2.75, 3.05) is 7.11 Å². The fraction of sp³-hybridized carbons (Fsp3) is 0.158. The number of carbonyl (C=O) groups is 2. The van der Waals surface area contributed by atoms with E-state index in [0.29, 0.717) is 11.3 Å². The van der Waals surface area contributed by atoms with Crippen LogP contribution < -0.4 is 4.74 Å². The maximum absolute atomic E-state index is 12.7. The molecule has 0 atom stereocenters. The summed E-state index contributed by atoms with van der Waals surface area (Å²) in [6, 6.07) is 11.7. The lowest BCUT2D eigenvalue weighted by Crippen LogP contribution is -2.27. The van der Waals surface area contributed by atoms with Gasteiger partial charge in [-0.25, -0.2) is 0 Å². The summed E-state index contributed by atoms with van der Waals surface area (Å²) in [6.45, 7) is 2.11. The molecule has 1 aliphatic heterocycles. The van der Waals surface area contributed by atoms with E-state index in [1.165, 1.54) is 31.4 Å². The number of nitro groups is 1. The van der Waals surface area contributed by atoms with Gasteiger partial charge in [-0.3, -0.25) is 24.6 Å². The molecule has 2 aromatic carbocycles. The van der Waals surface area contributed by atoms with Crippen LogP contribution in [0.4, 0.5) is 10.5 Å². The predicted molar refractivity (Wildman–Crippen MR) is 102 cm³/mol. The molecule has 0 saturated carbocycles. The lowest BCUT2D eigenvalue weighted by Gasteiger charge is -2.12. The lowest BCUT2D eigenvalue weighted by molar-refractivity contribution is -0.384. The second kappa shape index (κ2) is 7.63. The highest BCUT2D eigenvalue weighted by Crippen LogP contribution is 2.35. The number of hydrogen-bond acceptors (Lipinski definition) is 6. The molecular weight excluding hydrogens is 368 g/mol. The van der Waals surface area contributed by atoms with Crippen molar-refractivity contribution in [2.45, 2.75) is 13.5 Å². The molecule has 0 bridgehead atoms. The molecule has 0 unspecified atom stereocenters. The van der Waals surface area contributed by atoms with Crippen LogP contribution >= 0.6 is 11.8 Å². The van der Waals surface area contributed by atoms with Crippen LogP contribution in [0.25, 0.3) is 6.08 Å². The van der Waals surface area contributed by atoms with Crippen LogP contribution in [0.3, 0.4) is 0 Å². The number of hydrogen-bond donors (Lipinski definition) is 0. The Bertz CT molecular complexity index is 970. The minimum absolute atomic E-state index is 0.124. The molecule has 2 aromatic rings. The van der Waals surface area contributed by atoms with Crippen LogP contribution in [0.15, 0.2) is 47.4 Å². The normalized spacial score (nSPS) is 15.5. The zero-order valence-corrected chi connectivity index (χ0v) is 15.5. The Kier molecular flexibility index (Phi) is 5.27. The van der Waals surface area contributed by atoms with Gasteiger partial charge in [0.15, 0.2) is 0 Å². The number of benzene rings is 2. The number of thioether (sulfide) groups is 1. The zero-order valence-electron chi connectivity index (χ0n) is 14.7. The second-order valence-corrected chi connectivity index (χ2v) is 6.93. The highest BCUT2D eigenvalue weighted by Gasteiger charge is 2.35. The summed E-state index contributed by atoms with van der Waals surface area (Å²) in [7, 11) is 1.43. The van der Waals surface area contributed by atoms with Crippen molar-refractivity contribution in [2.24, 2.45) is 0 Å². The van der Waals surface area contributed by atoms with Crippen LogP contribution in [0.5, 0.6) is 5.75 Å². The maximum atomic E-state index is 12.7. The van der Waals surface area contributed by atoms with E-state index in [-0.39, 0.29) is 22.4 Å². The molecule has 1 aliphatic rings. The molecule has 1 fully saturated rings. The summed E-state index contributed by atoms with van der Waals surface area (Å²) in [5.74, 6) is -0.0499. The van der Waals surface area contributed by atoms with Gasteiger partial charge in [0.25, 0.3) is 16.8 Å². The molecule has 2 amide bonds. The molecule has 0 aromatic heterocycles. The van der Waals surface area contributed by atoms with E-state index in [2.05, 4.69) is 0 Å². The Morgan fingerprint density at radius 3 is 2.67 bits per heavy atom. The maximum Gasteiger partial charge on any atom is 0.293 e. The summed E-state index contributed by atoms with van der Waals surface area (Å²) in [5.41, 5.74) is 2.14. The van der Waals surface area contributed by atoms with Crippen molar-refractivity contribution in [3.8, 4) is 5.75 Å². The van der Waals surface area contributed by atoms with Crippen LogP contribution in [-0.4, -0.2) is 28.1 Å². The van der Waals surface area contributed by atoms with Gasteiger partial charge in [-0.2, -0.15) is 0 Å². The quantitative estimate of drug-likeness (QED) is 0.437. The van der Waals surface area contributed by atoms with Gasteiger partial charge in [0, 0.05) is 17.7 Å². The highest BCUT2D eigenvalue weighted by molar-refractivity contribution is 8.18. The molecule has 7 nitrogen and oxygen atoms in total. The molecule has 0 N–H and O–H groups in total. The fourth-order valence-electron chi connectivity index (χ4n) is 2.72. The van der Waals surface area contributed by atoms with Crippen molar-refractivity contribution < 1.29 is 19.2 Å². The van der Waals surface area contributed by atoms with Crippen molar-refractivity contribution in [3.63, 3.8) is 0 Å². The number of ether oxygens (including phenoxy) is 1. The Hall–Kier alpha value is -3.13. The minimum Gasteiger partial charge on any atom is -0.496 e. The van der Waals surface area contributed by atoms with Gasteiger partial charge in [-0.15, -0.1) is 0 Å². The Labute approximate surface area is 159 Å². The number of aryl methyl sites for hydroxylation is 1. The van der Waals surface area contributed by atoms with Gasteiger partial charge in [-0.1, -0.05) is 29.8 Å². The molecule has 0 spiro atoms. The lowest BCUT2D eigenvalue weighted by atomic mass is 10.1. The van der Waals surface area contributed by atoms with E-state index in [4.69, 9.17) is 4.74 Å². The van der Waals surface area contributed by atoms with Gasteiger partial charge in [0.2, 0.25) is 0 Å². The molecular formula is C19H16N2O5S. The average Bonchev–Trinajstić information content (AvgIpc) is 2.89. The molecule has 0 radical (unpaired) electrons. The second-order valence-electron chi connectivity index (χ2n) is 5.94. The predicted octanol–water partition coefficient (Wildman–Crippen LogP) is 4.15. The first-order valence-electron chi connectivity index (χ1n) is 8.02. The van der Waals surface area contributed by atoms with E-state index < -0.39 is 10.8 Å². The summed E-state index contributed by atoms with van der Waals surface area (Å²) in [5, 5.41) is 10.6. The highest BCUT2D eigenvalue weighted by atomic mass is 32.2. The summed E-state index contributed by atoms with van der Waals surface area (Å²) >= 11 is 0.807. The fourth-order valence-corrected chi connectivity index (χ4v) is 3.55. The van der Waals surface area contributed by atoms with Crippen LogP contribution in [-0.2, 0) is 11.3 Å². The third kappa shape index (κ3) is 4.01. The molecule has 1 heterocycles. The standard InChI is InChI=1S/C19H16N2O5S/c1-12-4-3-5-13(8-12)11-20-18(22)17(27-19(20)23)10-14-9-15(21(24)25)6-7-16(14)26-2/h3-10H,11H2,1-2H3/b17-10-. The van der Waals surface area contributed by atoms with Gasteiger partial charge >= 0.3 is 0 Å². The molecule has 0 aliphatic carbocycles. The molecule has 138 valence electrons. The number of nitro benzene ring substituents is 1. The Balaban J connectivity index is 1.90. The molecule has 1 saturated heterocycles. The summed E-state index contributed by atoms with van der Waals surface area (Å²) in [6.07, 6.45) is 1.45. The average molecular weight is 384 g/mol.